The molecule has 0 unspecified atom stereocenters. The van der Waals surface area contributed by atoms with Crippen LogP contribution in [0.3, 0.4) is 0 Å². The maximum atomic E-state index is 4.76. The predicted molar refractivity (Wildman–Crippen MR) is 112 cm³/mol. The maximum Gasteiger partial charge on any atom is 0.257 e. The Bertz CT molecular complexity index is 1140. The molecular weight excluding hydrogens is 418 g/mol. The number of nitrogens with zero attached hydrogens (tertiary/aromatic N) is 7. The van der Waals surface area contributed by atoms with Gasteiger partial charge in [0, 0.05) is 30.9 Å². The molecule has 0 N–H and O–H groups in total. The Kier molecular flexibility index (Phi) is 4.35. The van der Waals surface area contributed by atoms with Crippen molar-refractivity contribution in [3.8, 4) is 17.1 Å². The number of fused-ring (bicyclic) bond motifs is 1. The van der Waals surface area contributed by atoms with Crippen LogP contribution in [0, 0.1) is 6.92 Å². The van der Waals surface area contributed by atoms with Crippen molar-refractivity contribution in [1.29, 1.82) is 0 Å². The van der Waals surface area contributed by atoms with E-state index in [4.69, 9.17) is 5.10 Å². The molecule has 28 heavy (non-hydrogen) atoms. The molecule has 0 bridgehead atoms. The minimum absolute atomic E-state index is 0.538. The summed E-state index contributed by atoms with van der Waals surface area (Å²) in [5.41, 5.74) is 3.24. The number of aromatic nitrogens is 6. The quantitative estimate of drug-likeness (QED) is 0.483. The zero-order valence-electron chi connectivity index (χ0n) is 15.6. The Morgan fingerprint density at radius 2 is 1.82 bits per heavy atom. The average molecular weight is 438 g/mol. The number of rotatable bonds is 3. The van der Waals surface area contributed by atoms with Crippen LogP contribution < -0.4 is 4.90 Å². The van der Waals surface area contributed by atoms with Crippen LogP contribution >= 0.6 is 15.9 Å². The highest BCUT2D eigenvalue weighted by Crippen LogP contribution is 2.24. The molecular formula is C20H20BrN7. The van der Waals surface area contributed by atoms with Crippen LogP contribution in [0.1, 0.15) is 24.8 Å². The van der Waals surface area contributed by atoms with E-state index in [1.54, 1.807) is 0 Å². The minimum atomic E-state index is 0.538. The highest BCUT2D eigenvalue weighted by molar-refractivity contribution is 9.10. The highest BCUT2D eigenvalue weighted by atomic mass is 79.9. The predicted octanol–water partition coefficient (Wildman–Crippen LogP) is 4.04. The number of benzene rings is 1. The molecule has 0 saturated carbocycles. The second kappa shape index (κ2) is 7.01. The molecule has 1 fully saturated rings. The van der Waals surface area contributed by atoms with Gasteiger partial charge >= 0.3 is 0 Å². The Balaban J connectivity index is 1.59. The van der Waals surface area contributed by atoms with Crippen LogP contribution in [0.5, 0.6) is 0 Å². The Morgan fingerprint density at radius 1 is 0.964 bits per heavy atom. The van der Waals surface area contributed by atoms with Crippen molar-refractivity contribution in [2.45, 2.75) is 26.2 Å². The molecule has 1 aliphatic rings. The van der Waals surface area contributed by atoms with Gasteiger partial charge in [-0.15, -0.1) is 5.10 Å². The van der Waals surface area contributed by atoms with Gasteiger partial charge in [0.05, 0.1) is 5.69 Å². The molecule has 0 radical (unpaired) electrons. The van der Waals surface area contributed by atoms with E-state index < -0.39 is 0 Å². The van der Waals surface area contributed by atoms with Gasteiger partial charge in [0.1, 0.15) is 5.82 Å². The third-order valence-electron chi connectivity index (χ3n) is 5.07. The van der Waals surface area contributed by atoms with Gasteiger partial charge in [-0.05, 0) is 54.2 Å². The maximum absolute atomic E-state index is 4.76. The third kappa shape index (κ3) is 3.17. The molecule has 5 rings (SSSR count). The van der Waals surface area contributed by atoms with Crippen LogP contribution in [0.15, 0.2) is 47.3 Å². The fourth-order valence-corrected chi connectivity index (χ4v) is 4.01. The summed E-state index contributed by atoms with van der Waals surface area (Å²) in [5, 5.41) is 9.23. The molecule has 1 aromatic carbocycles. The molecule has 4 heterocycles. The first-order valence-corrected chi connectivity index (χ1v) is 10.3. The van der Waals surface area contributed by atoms with Crippen LogP contribution in [0.2, 0.25) is 0 Å². The number of anilines is 1. The molecule has 1 saturated heterocycles. The lowest BCUT2D eigenvalue weighted by Crippen LogP contribution is -2.31. The minimum Gasteiger partial charge on any atom is -0.356 e. The fourth-order valence-electron chi connectivity index (χ4n) is 3.69. The zero-order chi connectivity index (χ0) is 19.1. The van der Waals surface area contributed by atoms with Crippen molar-refractivity contribution in [3.05, 3.63) is 52.9 Å². The molecule has 7 nitrogen and oxygen atoms in total. The zero-order valence-corrected chi connectivity index (χ0v) is 17.2. The number of hydrogen-bond acceptors (Lipinski definition) is 5. The van der Waals surface area contributed by atoms with Crippen molar-refractivity contribution >= 4 is 27.5 Å². The monoisotopic (exact) mass is 437 g/mol. The summed E-state index contributed by atoms with van der Waals surface area (Å²) >= 11 is 3.38. The largest absolute Gasteiger partial charge is 0.356 e. The molecule has 0 spiro atoms. The number of aryl methyl sites for hydroxylation is 1. The van der Waals surface area contributed by atoms with E-state index >= 15 is 0 Å². The smallest absolute Gasteiger partial charge is 0.257 e. The van der Waals surface area contributed by atoms with E-state index in [1.165, 1.54) is 24.8 Å². The summed E-state index contributed by atoms with van der Waals surface area (Å²) in [6.07, 6.45) is 5.60. The van der Waals surface area contributed by atoms with Crippen LogP contribution in [0.4, 0.5) is 5.82 Å². The van der Waals surface area contributed by atoms with E-state index in [0.29, 0.717) is 10.5 Å². The molecule has 0 atom stereocenters. The average Bonchev–Trinajstić information content (AvgIpc) is 3.34. The van der Waals surface area contributed by atoms with Gasteiger partial charge in [-0.25, -0.2) is 4.68 Å². The van der Waals surface area contributed by atoms with Crippen molar-refractivity contribution in [2.75, 3.05) is 18.0 Å². The van der Waals surface area contributed by atoms with Crippen molar-refractivity contribution in [1.82, 2.24) is 29.4 Å². The molecule has 0 amide bonds. The van der Waals surface area contributed by atoms with Crippen molar-refractivity contribution in [3.63, 3.8) is 0 Å². The molecule has 8 heteroatoms. The lowest BCUT2D eigenvalue weighted by molar-refractivity contribution is 0.567. The summed E-state index contributed by atoms with van der Waals surface area (Å²) in [6, 6.07) is 12.4. The van der Waals surface area contributed by atoms with Crippen LogP contribution in [0.25, 0.3) is 22.9 Å². The summed E-state index contributed by atoms with van der Waals surface area (Å²) in [4.78, 5) is 11.5. The Morgan fingerprint density at radius 3 is 2.64 bits per heavy atom. The molecule has 4 aromatic rings. The van der Waals surface area contributed by atoms with Gasteiger partial charge in [0.2, 0.25) is 4.73 Å². The first kappa shape index (κ1) is 17.4. The van der Waals surface area contributed by atoms with Gasteiger partial charge in [-0.2, -0.15) is 19.6 Å². The lowest BCUT2D eigenvalue weighted by atomic mass is 10.1. The lowest BCUT2D eigenvalue weighted by Gasteiger charge is -2.28. The van der Waals surface area contributed by atoms with E-state index in [1.807, 2.05) is 27.5 Å². The normalized spacial score (nSPS) is 14.7. The van der Waals surface area contributed by atoms with E-state index in [-0.39, 0.29) is 0 Å². The van der Waals surface area contributed by atoms with Gasteiger partial charge in [0.15, 0.2) is 5.82 Å². The Labute approximate surface area is 171 Å². The molecule has 1 aliphatic heterocycles. The van der Waals surface area contributed by atoms with Gasteiger partial charge < -0.3 is 4.90 Å². The summed E-state index contributed by atoms with van der Waals surface area (Å²) in [6.45, 7) is 4.12. The highest BCUT2D eigenvalue weighted by Gasteiger charge is 2.19. The second-order valence-corrected chi connectivity index (χ2v) is 7.84. The topological polar surface area (TPSA) is 64.1 Å². The van der Waals surface area contributed by atoms with Gasteiger partial charge in [-0.3, -0.25) is 0 Å². The van der Waals surface area contributed by atoms with Crippen molar-refractivity contribution < 1.29 is 0 Å². The van der Waals surface area contributed by atoms with Crippen LogP contribution in [-0.4, -0.2) is 42.5 Å². The number of hydrogen-bond donors (Lipinski definition) is 0. The SMILES string of the molecule is Cc1cccc(-c2ccn(-c3cc(N4CCCCC4)n4nc(Br)nc4n3)n2)c1. The van der Waals surface area contributed by atoms with E-state index in [0.717, 1.165) is 36.0 Å². The number of halogens is 1. The van der Waals surface area contributed by atoms with Crippen molar-refractivity contribution in [2.24, 2.45) is 0 Å². The first-order valence-electron chi connectivity index (χ1n) is 9.49. The summed E-state index contributed by atoms with van der Waals surface area (Å²) in [7, 11) is 0. The third-order valence-corrected chi connectivity index (χ3v) is 5.41. The standard InChI is InChI=1S/C20H20BrN7/c1-14-6-5-7-15(12-14)16-8-11-27(24-16)17-13-18(26-9-3-2-4-10-26)28-20(22-17)23-19(21)25-28/h5-8,11-13H,2-4,9-10H2,1H3. The fraction of sp³-hybridized carbons (Fsp3) is 0.300. The summed E-state index contributed by atoms with van der Waals surface area (Å²) < 4.78 is 4.16. The first-order chi connectivity index (χ1) is 13.7. The Hall–Kier alpha value is -2.74. The molecule has 142 valence electrons. The number of piperidine rings is 1. The molecule has 3 aromatic heterocycles. The van der Waals surface area contributed by atoms with Gasteiger partial charge in [-0.1, -0.05) is 23.8 Å². The summed E-state index contributed by atoms with van der Waals surface area (Å²) in [5.74, 6) is 2.31. The van der Waals surface area contributed by atoms with E-state index in [2.05, 4.69) is 67.1 Å². The van der Waals surface area contributed by atoms with Crippen LogP contribution in [-0.2, 0) is 0 Å². The van der Waals surface area contributed by atoms with E-state index in [9.17, 15) is 0 Å². The molecule has 0 aliphatic carbocycles. The second-order valence-electron chi connectivity index (χ2n) is 7.13. The van der Waals surface area contributed by atoms with Gasteiger partial charge in [0.25, 0.3) is 5.78 Å².